The predicted octanol–water partition coefficient (Wildman–Crippen LogP) is 1.41. The summed E-state index contributed by atoms with van der Waals surface area (Å²) in [5, 5.41) is 3.20. The first kappa shape index (κ1) is 16.3. The summed E-state index contributed by atoms with van der Waals surface area (Å²) in [5.74, 6) is 0.392. The van der Waals surface area contributed by atoms with E-state index in [1.54, 1.807) is 0 Å². The third kappa shape index (κ3) is 4.99. The van der Waals surface area contributed by atoms with E-state index in [0.29, 0.717) is 25.6 Å². The molecule has 0 aromatic carbocycles. The number of piperidine rings is 1. The van der Waals surface area contributed by atoms with E-state index < -0.39 is 0 Å². The molecule has 2 rings (SSSR count). The van der Waals surface area contributed by atoms with E-state index in [0.717, 1.165) is 25.7 Å². The lowest BCUT2D eigenvalue weighted by atomic mass is 9.92. The zero-order valence-electron chi connectivity index (χ0n) is 13.1. The summed E-state index contributed by atoms with van der Waals surface area (Å²) in [5.41, 5.74) is 5.67. The Morgan fingerprint density at radius 3 is 2.33 bits per heavy atom. The molecule has 1 unspecified atom stereocenters. The molecule has 21 heavy (non-hydrogen) atoms. The Bertz CT molecular complexity index is 357. The Morgan fingerprint density at radius 1 is 1.14 bits per heavy atom. The Morgan fingerprint density at radius 2 is 1.76 bits per heavy atom. The monoisotopic (exact) mass is 295 g/mol. The molecule has 0 radical (unpaired) electrons. The van der Waals surface area contributed by atoms with Gasteiger partial charge in [-0.3, -0.25) is 9.59 Å². The zero-order valence-corrected chi connectivity index (χ0v) is 13.1. The van der Waals surface area contributed by atoms with Gasteiger partial charge in [0.15, 0.2) is 0 Å². The van der Waals surface area contributed by atoms with Crippen LogP contribution in [0.15, 0.2) is 0 Å². The maximum Gasteiger partial charge on any atom is 0.224 e. The summed E-state index contributed by atoms with van der Waals surface area (Å²) in [6.45, 7) is 3.23. The van der Waals surface area contributed by atoms with Crippen LogP contribution < -0.4 is 11.1 Å². The van der Waals surface area contributed by atoms with Crippen LogP contribution in [0.2, 0.25) is 0 Å². The van der Waals surface area contributed by atoms with Crippen molar-refractivity contribution < 1.29 is 9.59 Å². The summed E-state index contributed by atoms with van der Waals surface area (Å²) in [6, 6.07) is 0.286. The van der Waals surface area contributed by atoms with Gasteiger partial charge in [0, 0.05) is 37.5 Å². The van der Waals surface area contributed by atoms with E-state index in [1.165, 1.54) is 19.3 Å². The Kier molecular flexibility index (Phi) is 6.03. The van der Waals surface area contributed by atoms with E-state index in [-0.39, 0.29) is 23.8 Å². The summed E-state index contributed by atoms with van der Waals surface area (Å²) >= 11 is 0. The van der Waals surface area contributed by atoms with Gasteiger partial charge in [-0.05, 0) is 32.6 Å². The van der Waals surface area contributed by atoms with Gasteiger partial charge in [-0.15, -0.1) is 0 Å². The van der Waals surface area contributed by atoms with Crippen molar-refractivity contribution in [3.63, 3.8) is 0 Å². The van der Waals surface area contributed by atoms with E-state index in [1.807, 2.05) is 11.8 Å². The van der Waals surface area contributed by atoms with Crippen molar-refractivity contribution in [3.8, 4) is 0 Å². The molecule has 5 heteroatoms. The second-order valence-electron chi connectivity index (χ2n) is 6.68. The van der Waals surface area contributed by atoms with Gasteiger partial charge in [0.25, 0.3) is 0 Å². The van der Waals surface area contributed by atoms with Crippen LogP contribution in [0.1, 0.15) is 58.3 Å². The van der Waals surface area contributed by atoms with Crippen molar-refractivity contribution in [1.82, 2.24) is 10.2 Å². The number of amides is 2. The molecule has 1 saturated heterocycles. The first-order valence-corrected chi connectivity index (χ1v) is 8.40. The summed E-state index contributed by atoms with van der Waals surface area (Å²) in [6.07, 6.45) is 7.97. The quantitative estimate of drug-likeness (QED) is 0.823. The summed E-state index contributed by atoms with van der Waals surface area (Å²) < 4.78 is 0. The average molecular weight is 295 g/mol. The minimum atomic E-state index is -0.0928. The largest absolute Gasteiger partial charge is 0.353 e. The number of likely N-dealkylation sites (tertiary alicyclic amines) is 1. The molecule has 1 saturated carbocycles. The Labute approximate surface area is 127 Å². The van der Waals surface area contributed by atoms with Crippen molar-refractivity contribution in [2.75, 3.05) is 13.1 Å². The highest BCUT2D eigenvalue weighted by atomic mass is 16.2. The van der Waals surface area contributed by atoms with Crippen LogP contribution in [0.5, 0.6) is 0 Å². The van der Waals surface area contributed by atoms with Gasteiger partial charge in [-0.1, -0.05) is 19.3 Å². The lowest BCUT2D eigenvalue weighted by Crippen LogP contribution is -2.46. The molecule has 0 aromatic rings. The van der Waals surface area contributed by atoms with Crippen LogP contribution in [-0.4, -0.2) is 41.9 Å². The minimum Gasteiger partial charge on any atom is -0.353 e. The van der Waals surface area contributed by atoms with Crippen molar-refractivity contribution in [2.24, 2.45) is 11.7 Å². The maximum atomic E-state index is 12.3. The van der Waals surface area contributed by atoms with Crippen LogP contribution >= 0.6 is 0 Å². The number of carbonyl (C=O) groups excluding carboxylic acids is 2. The van der Waals surface area contributed by atoms with Gasteiger partial charge in [0.05, 0.1) is 0 Å². The number of nitrogens with one attached hydrogen (secondary N) is 1. The maximum absolute atomic E-state index is 12.3. The van der Waals surface area contributed by atoms with E-state index >= 15 is 0 Å². The first-order valence-electron chi connectivity index (χ1n) is 8.40. The van der Waals surface area contributed by atoms with Crippen LogP contribution in [0.25, 0.3) is 0 Å². The molecule has 2 fully saturated rings. The molecule has 0 spiro atoms. The molecule has 2 aliphatic rings. The number of hydrogen-bond acceptors (Lipinski definition) is 3. The van der Waals surface area contributed by atoms with Gasteiger partial charge in [-0.25, -0.2) is 0 Å². The summed E-state index contributed by atoms with van der Waals surface area (Å²) in [7, 11) is 0. The van der Waals surface area contributed by atoms with Crippen LogP contribution in [0, 0.1) is 5.92 Å². The lowest BCUT2D eigenvalue weighted by Gasteiger charge is -2.33. The number of carbonyl (C=O) groups is 2. The zero-order chi connectivity index (χ0) is 15.2. The average Bonchev–Trinajstić information content (AvgIpc) is 2.47. The van der Waals surface area contributed by atoms with Gasteiger partial charge in [-0.2, -0.15) is 0 Å². The topological polar surface area (TPSA) is 75.4 Å². The minimum absolute atomic E-state index is 0.0753. The van der Waals surface area contributed by atoms with E-state index in [4.69, 9.17) is 5.73 Å². The van der Waals surface area contributed by atoms with Crippen LogP contribution in [-0.2, 0) is 9.59 Å². The molecule has 3 N–H and O–H groups in total. The molecule has 1 aliphatic carbocycles. The molecular weight excluding hydrogens is 266 g/mol. The fourth-order valence-corrected chi connectivity index (χ4v) is 3.36. The standard InChI is InChI=1S/C16H29N3O2/c1-12(17)11-15(20)19-9-7-13(8-10-19)16(21)18-14-5-3-2-4-6-14/h12-14H,2-11,17H2,1H3,(H,18,21). The molecule has 1 heterocycles. The highest BCUT2D eigenvalue weighted by molar-refractivity contribution is 5.80. The number of rotatable bonds is 4. The second-order valence-corrected chi connectivity index (χ2v) is 6.68. The molecule has 120 valence electrons. The molecule has 1 atom stereocenters. The third-order valence-electron chi connectivity index (χ3n) is 4.67. The predicted molar refractivity (Wildman–Crippen MR) is 82.6 cm³/mol. The smallest absolute Gasteiger partial charge is 0.224 e. The molecule has 5 nitrogen and oxygen atoms in total. The van der Waals surface area contributed by atoms with Crippen molar-refractivity contribution in [1.29, 1.82) is 0 Å². The molecular formula is C16H29N3O2. The van der Waals surface area contributed by atoms with Gasteiger partial charge < -0.3 is 16.0 Å². The second kappa shape index (κ2) is 7.78. The fraction of sp³-hybridized carbons (Fsp3) is 0.875. The SMILES string of the molecule is CC(N)CC(=O)N1CCC(C(=O)NC2CCCCC2)CC1. The van der Waals surface area contributed by atoms with E-state index in [2.05, 4.69) is 5.32 Å². The normalized spacial score (nSPS) is 22.9. The van der Waals surface area contributed by atoms with Crippen molar-refractivity contribution >= 4 is 11.8 Å². The summed E-state index contributed by atoms with van der Waals surface area (Å²) in [4.78, 5) is 26.1. The van der Waals surface area contributed by atoms with Gasteiger partial charge in [0.1, 0.15) is 0 Å². The third-order valence-corrected chi connectivity index (χ3v) is 4.67. The van der Waals surface area contributed by atoms with Crippen molar-refractivity contribution in [3.05, 3.63) is 0 Å². The Balaban J connectivity index is 1.72. The number of nitrogens with zero attached hydrogens (tertiary/aromatic N) is 1. The van der Waals surface area contributed by atoms with Crippen LogP contribution in [0.4, 0.5) is 0 Å². The molecule has 2 amide bonds. The first-order chi connectivity index (χ1) is 10.1. The Hall–Kier alpha value is -1.10. The molecule has 0 bridgehead atoms. The molecule has 0 aromatic heterocycles. The fourth-order valence-electron chi connectivity index (χ4n) is 3.36. The highest BCUT2D eigenvalue weighted by Gasteiger charge is 2.28. The number of nitrogens with two attached hydrogens (primary N) is 1. The lowest BCUT2D eigenvalue weighted by molar-refractivity contribution is -0.136. The van der Waals surface area contributed by atoms with Crippen molar-refractivity contribution in [2.45, 2.75) is 70.4 Å². The highest BCUT2D eigenvalue weighted by Crippen LogP contribution is 2.21. The van der Waals surface area contributed by atoms with Gasteiger partial charge >= 0.3 is 0 Å². The molecule has 1 aliphatic heterocycles. The number of hydrogen-bond donors (Lipinski definition) is 2. The van der Waals surface area contributed by atoms with Gasteiger partial charge in [0.2, 0.25) is 11.8 Å². The van der Waals surface area contributed by atoms with E-state index in [9.17, 15) is 9.59 Å². The van der Waals surface area contributed by atoms with Crippen LogP contribution in [0.3, 0.4) is 0 Å².